The standard InChI is InChI=1S/C8H10BrNO/c1-5-2-7(9)6(4-10)8(11)3-5/h2-3,11H,4,10H2,1H3. The summed E-state index contributed by atoms with van der Waals surface area (Å²) in [6.45, 7) is 2.28. The molecule has 0 unspecified atom stereocenters. The minimum atomic E-state index is 0.263. The molecule has 0 aromatic heterocycles. The Kier molecular flexibility index (Phi) is 2.52. The Balaban J connectivity index is 3.25. The van der Waals surface area contributed by atoms with Crippen molar-refractivity contribution in [3.05, 3.63) is 27.7 Å². The third-order valence-electron chi connectivity index (χ3n) is 1.52. The molecule has 0 aliphatic rings. The second kappa shape index (κ2) is 3.24. The molecule has 0 aliphatic heterocycles. The summed E-state index contributed by atoms with van der Waals surface area (Å²) >= 11 is 3.32. The first kappa shape index (κ1) is 8.56. The Morgan fingerprint density at radius 1 is 1.55 bits per heavy atom. The van der Waals surface area contributed by atoms with Gasteiger partial charge in [0.05, 0.1) is 0 Å². The quantitative estimate of drug-likeness (QED) is 0.753. The van der Waals surface area contributed by atoms with E-state index in [-0.39, 0.29) is 5.75 Å². The SMILES string of the molecule is Cc1cc(O)c(CN)c(Br)c1. The predicted molar refractivity (Wildman–Crippen MR) is 48.4 cm³/mol. The number of rotatable bonds is 1. The van der Waals surface area contributed by atoms with Crippen LogP contribution in [0.15, 0.2) is 16.6 Å². The number of phenols is 1. The van der Waals surface area contributed by atoms with E-state index in [4.69, 9.17) is 5.73 Å². The second-order valence-electron chi connectivity index (χ2n) is 2.45. The molecule has 60 valence electrons. The van der Waals surface area contributed by atoms with Crippen LogP contribution in [-0.4, -0.2) is 5.11 Å². The van der Waals surface area contributed by atoms with Gasteiger partial charge in [0.1, 0.15) is 5.75 Å². The number of hydrogen-bond acceptors (Lipinski definition) is 2. The zero-order chi connectivity index (χ0) is 8.43. The lowest BCUT2D eigenvalue weighted by Gasteiger charge is -2.05. The Morgan fingerprint density at radius 2 is 2.18 bits per heavy atom. The van der Waals surface area contributed by atoms with Crippen LogP contribution in [0.3, 0.4) is 0 Å². The summed E-state index contributed by atoms with van der Waals surface area (Å²) in [6.07, 6.45) is 0. The maximum Gasteiger partial charge on any atom is 0.121 e. The number of halogens is 1. The number of aromatic hydroxyl groups is 1. The van der Waals surface area contributed by atoms with E-state index in [2.05, 4.69) is 15.9 Å². The molecule has 1 aromatic carbocycles. The minimum absolute atomic E-state index is 0.263. The lowest BCUT2D eigenvalue weighted by Crippen LogP contribution is -1.98. The highest BCUT2D eigenvalue weighted by Crippen LogP contribution is 2.26. The highest BCUT2D eigenvalue weighted by Gasteiger charge is 2.03. The first-order chi connectivity index (χ1) is 5.15. The van der Waals surface area contributed by atoms with Gasteiger partial charge in [-0.15, -0.1) is 0 Å². The lowest BCUT2D eigenvalue weighted by atomic mass is 10.1. The molecule has 1 aromatic rings. The third-order valence-corrected chi connectivity index (χ3v) is 2.23. The molecule has 0 saturated heterocycles. The summed E-state index contributed by atoms with van der Waals surface area (Å²) < 4.78 is 0.873. The van der Waals surface area contributed by atoms with E-state index < -0.39 is 0 Å². The van der Waals surface area contributed by atoms with Crippen LogP contribution in [0, 0.1) is 6.92 Å². The molecule has 2 nitrogen and oxygen atoms in total. The molecule has 0 radical (unpaired) electrons. The van der Waals surface area contributed by atoms with Crippen molar-refractivity contribution < 1.29 is 5.11 Å². The highest BCUT2D eigenvalue weighted by atomic mass is 79.9. The monoisotopic (exact) mass is 215 g/mol. The van der Waals surface area contributed by atoms with Gasteiger partial charge >= 0.3 is 0 Å². The number of aryl methyl sites for hydroxylation is 1. The molecule has 3 heteroatoms. The fraction of sp³-hybridized carbons (Fsp3) is 0.250. The Labute approximate surface area is 74.2 Å². The van der Waals surface area contributed by atoms with Crippen molar-refractivity contribution in [1.82, 2.24) is 0 Å². The molecule has 1 rings (SSSR count). The van der Waals surface area contributed by atoms with Crippen molar-refractivity contribution in [2.24, 2.45) is 5.73 Å². The van der Waals surface area contributed by atoms with Crippen molar-refractivity contribution in [2.75, 3.05) is 0 Å². The summed E-state index contributed by atoms with van der Waals surface area (Å²) in [4.78, 5) is 0. The lowest BCUT2D eigenvalue weighted by molar-refractivity contribution is 0.467. The Hall–Kier alpha value is -0.540. The maximum atomic E-state index is 9.36. The summed E-state index contributed by atoms with van der Waals surface area (Å²) in [5.41, 5.74) is 7.19. The summed E-state index contributed by atoms with van der Waals surface area (Å²) in [6, 6.07) is 3.63. The van der Waals surface area contributed by atoms with Crippen molar-refractivity contribution in [1.29, 1.82) is 0 Å². The fourth-order valence-corrected chi connectivity index (χ4v) is 1.68. The molecule has 0 heterocycles. The Morgan fingerprint density at radius 3 is 2.64 bits per heavy atom. The van der Waals surface area contributed by atoms with Crippen LogP contribution in [0.5, 0.6) is 5.75 Å². The molecule has 0 atom stereocenters. The zero-order valence-electron chi connectivity index (χ0n) is 6.26. The van der Waals surface area contributed by atoms with E-state index in [1.807, 2.05) is 13.0 Å². The zero-order valence-corrected chi connectivity index (χ0v) is 7.85. The van der Waals surface area contributed by atoms with E-state index in [1.54, 1.807) is 6.07 Å². The van der Waals surface area contributed by atoms with Crippen molar-refractivity contribution >= 4 is 15.9 Å². The second-order valence-corrected chi connectivity index (χ2v) is 3.30. The largest absolute Gasteiger partial charge is 0.508 e. The Bertz CT molecular complexity index is 250. The van der Waals surface area contributed by atoms with Gasteiger partial charge in [0, 0.05) is 16.6 Å². The first-order valence-corrected chi connectivity index (χ1v) is 4.12. The molecule has 0 saturated carbocycles. The van der Waals surface area contributed by atoms with Crippen LogP contribution >= 0.6 is 15.9 Å². The molecule has 3 N–H and O–H groups in total. The number of benzene rings is 1. The van der Waals surface area contributed by atoms with E-state index in [0.29, 0.717) is 6.54 Å². The van der Waals surface area contributed by atoms with Gasteiger partial charge in [-0.1, -0.05) is 15.9 Å². The molecular weight excluding hydrogens is 206 g/mol. The van der Waals surface area contributed by atoms with E-state index in [0.717, 1.165) is 15.6 Å². The summed E-state index contributed by atoms with van der Waals surface area (Å²) in [5.74, 6) is 0.263. The van der Waals surface area contributed by atoms with Crippen LogP contribution in [0.2, 0.25) is 0 Å². The number of phenolic OH excluding ortho intramolecular Hbond substituents is 1. The van der Waals surface area contributed by atoms with E-state index in [1.165, 1.54) is 0 Å². The van der Waals surface area contributed by atoms with Gasteiger partial charge in [0.15, 0.2) is 0 Å². The van der Waals surface area contributed by atoms with Crippen molar-refractivity contribution in [2.45, 2.75) is 13.5 Å². The van der Waals surface area contributed by atoms with Gasteiger partial charge in [-0.05, 0) is 24.6 Å². The topological polar surface area (TPSA) is 46.2 Å². The number of hydrogen-bond donors (Lipinski definition) is 2. The van der Waals surface area contributed by atoms with Crippen molar-refractivity contribution in [3.8, 4) is 5.75 Å². The molecule has 0 aliphatic carbocycles. The van der Waals surface area contributed by atoms with Gasteiger partial charge in [-0.25, -0.2) is 0 Å². The van der Waals surface area contributed by atoms with Gasteiger partial charge in [-0.3, -0.25) is 0 Å². The van der Waals surface area contributed by atoms with Gasteiger partial charge in [0.25, 0.3) is 0 Å². The van der Waals surface area contributed by atoms with Crippen LogP contribution in [0.25, 0.3) is 0 Å². The van der Waals surface area contributed by atoms with Gasteiger partial charge in [-0.2, -0.15) is 0 Å². The normalized spacial score (nSPS) is 10.1. The molecule has 0 fully saturated rings. The number of nitrogens with two attached hydrogens (primary N) is 1. The molecule has 11 heavy (non-hydrogen) atoms. The highest BCUT2D eigenvalue weighted by molar-refractivity contribution is 9.10. The van der Waals surface area contributed by atoms with E-state index in [9.17, 15) is 5.11 Å². The maximum absolute atomic E-state index is 9.36. The molecule has 0 bridgehead atoms. The smallest absolute Gasteiger partial charge is 0.121 e. The average molecular weight is 216 g/mol. The molecular formula is C8H10BrNO. The van der Waals surface area contributed by atoms with Gasteiger partial charge in [0.2, 0.25) is 0 Å². The third kappa shape index (κ3) is 1.73. The van der Waals surface area contributed by atoms with E-state index >= 15 is 0 Å². The van der Waals surface area contributed by atoms with Gasteiger partial charge < -0.3 is 10.8 Å². The van der Waals surface area contributed by atoms with Crippen LogP contribution in [-0.2, 0) is 6.54 Å². The summed E-state index contributed by atoms with van der Waals surface area (Å²) in [7, 11) is 0. The molecule has 0 spiro atoms. The van der Waals surface area contributed by atoms with Crippen LogP contribution in [0.1, 0.15) is 11.1 Å². The van der Waals surface area contributed by atoms with Crippen molar-refractivity contribution in [3.63, 3.8) is 0 Å². The average Bonchev–Trinajstić information content (AvgIpc) is 1.85. The van der Waals surface area contributed by atoms with Crippen LogP contribution in [0.4, 0.5) is 0 Å². The molecule has 0 amide bonds. The first-order valence-electron chi connectivity index (χ1n) is 3.33. The predicted octanol–water partition coefficient (Wildman–Crippen LogP) is 1.92. The minimum Gasteiger partial charge on any atom is -0.508 e. The van der Waals surface area contributed by atoms with Crippen LogP contribution < -0.4 is 5.73 Å². The summed E-state index contributed by atoms with van der Waals surface area (Å²) in [5, 5.41) is 9.36. The fourth-order valence-electron chi connectivity index (χ4n) is 0.956.